The summed E-state index contributed by atoms with van der Waals surface area (Å²) in [7, 11) is 0. The number of rotatable bonds is 0. The van der Waals surface area contributed by atoms with Crippen LogP contribution in [-0.4, -0.2) is 22.8 Å². The predicted octanol–water partition coefficient (Wildman–Crippen LogP) is -1.85. The Morgan fingerprint density at radius 1 is 1.00 bits per heavy atom. The van der Waals surface area contributed by atoms with E-state index >= 15 is 0 Å². The molecule has 0 aromatic rings. The van der Waals surface area contributed by atoms with Gasteiger partial charge in [0.25, 0.3) is 0 Å². The van der Waals surface area contributed by atoms with E-state index in [1.807, 2.05) is 0 Å². The predicted molar refractivity (Wildman–Crippen MR) is 18.6 cm³/mol. The maximum atomic E-state index is 0. The van der Waals surface area contributed by atoms with Gasteiger partial charge in [-0.1, -0.05) is 0 Å². The third kappa shape index (κ3) is 10.9. The van der Waals surface area contributed by atoms with Gasteiger partial charge in [-0.2, -0.15) is 0 Å². The zero-order valence-corrected chi connectivity index (χ0v) is 3.27. The van der Waals surface area contributed by atoms with Crippen molar-refractivity contribution in [2.24, 2.45) is 0 Å². The molecule has 0 unspecified atom stereocenters. The van der Waals surface area contributed by atoms with Crippen LogP contribution in [-0.2, 0) is 21.7 Å². The Kier molecular flexibility index (Phi) is 506. The molecular formula is H8AlNOTi. The second-order valence-electron chi connectivity index (χ2n) is 0. The molecule has 0 aliphatic carbocycles. The molecular weight excluding hydrogens is 105 g/mol. The van der Waals surface area contributed by atoms with Gasteiger partial charge in [0.15, 0.2) is 17.4 Å². The van der Waals surface area contributed by atoms with Crippen LogP contribution in [0.5, 0.6) is 0 Å². The first-order valence-electron chi connectivity index (χ1n) is 0. The SMILES string of the molecule is N.O.[AlH3].[Ti]. The van der Waals surface area contributed by atoms with E-state index < -0.39 is 0 Å². The van der Waals surface area contributed by atoms with Gasteiger partial charge in [-0.05, 0) is 0 Å². The molecule has 0 amide bonds. The molecule has 0 atom stereocenters. The molecule has 4 heteroatoms. The average molecular weight is 113 g/mol. The molecule has 26 valence electrons. The van der Waals surface area contributed by atoms with E-state index in [0.29, 0.717) is 0 Å². The van der Waals surface area contributed by atoms with Crippen LogP contribution >= 0.6 is 0 Å². The third-order valence-electron chi connectivity index (χ3n) is 0. The summed E-state index contributed by atoms with van der Waals surface area (Å²) in [5.41, 5.74) is 0. The zero-order valence-electron chi connectivity index (χ0n) is 1.71. The molecule has 0 aromatic heterocycles. The second-order valence-corrected chi connectivity index (χ2v) is 0. The van der Waals surface area contributed by atoms with Gasteiger partial charge in [-0.15, -0.1) is 0 Å². The summed E-state index contributed by atoms with van der Waals surface area (Å²) in [6.45, 7) is 0. The maximum absolute atomic E-state index is 0. The van der Waals surface area contributed by atoms with E-state index in [2.05, 4.69) is 0 Å². The molecule has 0 saturated heterocycles. The van der Waals surface area contributed by atoms with Crippen LogP contribution < -0.4 is 6.15 Å². The Morgan fingerprint density at radius 2 is 1.00 bits per heavy atom. The van der Waals surface area contributed by atoms with E-state index in [-0.39, 0.29) is 50.7 Å². The van der Waals surface area contributed by atoms with Gasteiger partial charge < -0.3 is 11.6 Å². The molecule has 0 heterocycles. The summed E-state index contributed by atoms with van der Waals surface area (Å²) in [6.07, 6.45) is 0. The molecule has 0 spiro atoms. The van der Waals surface area contributed by atoms with E-state index in [1.165, 1.54) is 0 Å². The van der Waals surface area contributed by atoms with Crippen molar-refractivity contribution in [3.63, 3.8) is 0 Å². The van der Waals surface area contributed by atoms with Crippen molar-refractivity contribution in [1.82, 2.24) is 6.15 Å². The second kappa shape index (κ2) is 30.7. The Bertz CT molecular complexity index is 8.00. The van der Waals surface area contributed by atoms with Crippen molar-refractivity contribution in [2.45, 2.75) is 0 Å². The summed E-state index contributed by atoms with van der Waals surface area (Å²) in [4.78, 5) is 0. The van der Waals surface area contributed by atoms with Crippen LogP contribution in [0.3, 0.4) is 0 Å². The van der Waals surface area contributed by atoms with Crippen molar-refractivity contribution in [3.8, 4) is 0 Å². The number of hydrogen-bond donors (Lipinski definition) is 1. The van der Waals surface area contributed by atoms with Crippen LogP contribution in [0.15, 0.2) is 0 Å². The summed E-state index contributed by atoms with van der Waals surface area (Å²) in [5, 5.41) is 0. The van der Waals surface area contributed by atoms with Gasteiger partial charge in [0.1, 0.15) is 0 Å². The Hall–Kier alpha value is 1.17. The quantitative estimate of drug-likeness (QED) is 0.368. The molecule has 0 aliphatic heterocycles. The fraction of sp³-hybridized carbons (Fsp3) is 0. The van der Waals surface area contributed by atoms with Crippen molar-refractivity contribution in [3.05, 3.63) is 0 Å². The van der Waals surface area contributed by atoms with E-state index in [4.69, 9.17) is 0 Å². The van der Waals surface area contributed by atoms with Gasteiger partial charge in [-0.3, -0.25) is 0 Å². The fourth-order valence-electron chi connectivity index (χ4n) is 0. The smallest absolute Gasteiger partial charge is 0.187 e. The van der Waals surface area contributed by atoms with Crippen molar-refractivity contribution in [1.29, 1.82) is 0 Å². The summed E-state index contributed by atoms with van der Waals surface area (Å²) in [6, 6.07) is 0. The fourth-order valence-corrected chi connectivity index (χ4v) is 0. The van der Waals surface area contributed by atoms with Gasteiger partial charge in [-0.25, -0.2) is 0 Å². The summed E-state index contributed by atoms with van der Waals surface area (Å²) >= 11 is 0. The Balaban J connectivity index is 0. The molecule has 0 rings (SSSR count). The first kappa shape index (κ1) is 65.9. The third-order valence-corrected chi connectivity index (χ3v) is 0. The minimum absolute atomic E-state index is 0. The molecule has 0 bridgehead atoms. The zero-order chi connectivity index (χ0) is 0. The molecule has 2 nitrogen and oxygen atoms in total. The van der Waals surface area contributed by atoms with Gasteiger partial charge in [0, 0.05) is 21.7 Å². The number of hydrogen-bond acceptors (Lipinski definition) is 1. The minimum atomic E-state index is 0. The minimum Gasteiger partial charge on any atom is -0.412 e. The molecule has 0 saturated carbocycles. The van der Waals surface area contributed by atoms with Crippen LogP contribution in [0.2, 0.25) is 0 Å². The molecule has 4 heavy (non-hydrogen) atoms. The Labute approximate surface area is 50.9 Å². The molecule has 0 aromatic carbocycles. The van der Waals surface area contributed by atoms with Crippen LogP contribution in [0.1, 0.15) is 0 Å². The van der Waals surface area contributed by atoms with Crippen LogP contribution in [0.25, 0.3) is 0 Å². The monoisotopic (exact) mass is 113 g/mol. The molecule has 0 radical (unpaired) electrons. The maximum Gasteiger partial charge on any atom is 0.187 e. The average Bonchev–Trinajstić information content (AvgIpc) is 0. The van der Waals surface area contributed by atoms with Crippen molar-refractivity contribution >= 4 is 17.4 Å². The van der Waals surface area contributed by atoms with E-state index in [1.54, 1.807) is 0 Å². The van der Waals surface area contributed by atoms with Gasteiger partial charge in [0.2, 0.25) is 0 Å². The Morgan fingerprint density at radius 3 is 1.00 bits per heavy atom. The molecule has 5 N–H and O–H groups in total. The van der Waals surface area contributed by atoms with Crippen LogP contribution in [0.4, 0.5) is 0 Å². The first-order valence-corrected chi connectivity index (χ1v) is 0. The molecule has 0 aliphatic rings. The van der Waals surface area contributed by atoms with E-state index in [0.717, 1.165) is 0 Å². The summed E-state index contributed by atoms with van der Waals surface area (Å²) < 4.78 is 0. The standard InChI is InChI=1S/Al.H3N.H2O.Ti.3H/h;1H3;1H2;;;;. The molecule has 0 fully saturated rings. The first-order chi connectivity index (χ1) is 0. The normalized spacial score (nSPS) is 0. The topological polar surface area (TPSA) is 66.5 Å². The van der Waals surface area contributed by atoms with Crippen molar-refractivity contribution in [2.75, 3.05) is 0 Å². The van der Waals surface area contributed by atoms with Gasteiger partial charge >= 0.3 is 0 Å². The van der Waals surface area contributed by atoms with Crippen molar-refractivity contribution < 1.29 is 27.2 Å². The largest absolute Gasteiger partial charge is 0.412 e. The van der Waals surface area contributed by atoms with Crippen LogP contribution in [0, 0.1) is 0 Å². The van der Waals surface area contributed by atoms with Gasteiger partial charge in [0.05, 0.1) is 0 Å². The summed E-state index contributed by atoms with van der Waals surface area (Å²) in [5.74, 6) is 0. The van der Waals surface area contributed by atoms with E-state index in [9.17, 15) is 0 Å².